The van der Waals surface area contributed by atoms with E-state index < -0.39 is 5.69 Å². The van der Waals surface area contributed by atoms with Crippen LogP contribution in [0.2, 0.25) is 5.02 Å². The van der Waals surface area contributed by atoms with Crippen LogP contribution in [0.1, 0.15) is 0 Å². The number of aromatic nitrogens is 3. The normalized spacial score (nSPS) is 11.2. The van der Waals surface area contributed by atoms with Crippen LogP contribution in [0.4, 0.5) is 0 Å². The second kappa shape index (κ2) is 6.23. The Kier molecular flexibility index (Phi) is 4.01. The molecule has 0 aliphatic rings. The molecule has 0 amide bonds. The van der Waals surface area contributed by atoms with Gasteiger partial charge in [-0.25, -0.2) is 9.78 Å². The van der Waals surface area contributed by atoms with Crippen molar-refractivity contribution in [1.82, 2.24) is 14.1 Å². The van der Waals surface area contributed by atoms with Crippen LogP contribution in [0.5, 0.6) is 0 Å². The van der Waals surface area contributed by atoms with E-state index in [2.05, 4.69) is 4.98 Å². The molecule has 4 aromatic rings. The van der Waals surface area contributed by atoms with Gasteiger partial charge >= 0.3 is 5.69 Å². The van der Waals surface area contributed by atoms with Crippen LogP contribution >= 0.6 is 22.9 Å². The summed E-state index contributed by atoms with van der Waals surface area (Å²) in [7, 11) is 3.08. The summed E-state index contributed by atoms with van der Waals surface area (Å²) >= 11 is 7.95. The summed E-state index contributed by atoms with van der Waals surface area (Å²) in [4.78, 5) is 30.8. The van der Waals surface area contributed by atoms with Gasteiger partial charge in [0, 0.05) is 30.2 Å². The highest BCUT2D eigenvalue weighted by Crippen LogP contribution is 2.35. The second-order valence-corrected chi connectivity index (χ2v) is 7.27. The number of halogens is 1. The number of nitrogens with zero attached hydrogens (tertiary/aromatic N) is 3. The smallest absolute Gasteiger partial charge is 0.280 e. The molecule has 0 N–H and O–H groups in total. The van der Waals surface area contributed by atoms with Gasteiger partial charge in [0.25, 0.3) is 5.56 Å². The summed E-state index contributed by atoms with van der Waals surface area (Å²) in [5.74, 6) is 0. The van der Waals surface area contributed by atoms with Gasteiger partial charge in [0.1, 0.15) is 0 Å². The zero-order valence-corrected chi connectivity index (χ0v) is 15.6. The maximum absolute atomic E-state index is 12.9. The topological polar surface area (TPSA) is 56.9 Å². The first-order valence-corrected chi connectivity index (χ1v) is 9.14. The quantitative estimate of drug-likeness (QED) is 0.530. The van der Waals surface area contributed by atoms with Gasteiger partial charge < -0.3 is 0 Å². The molecule has 0 unspecified atom stereocenters. The molecule has 1 aromatic carbocycles. The first-order chi connectivity index (χ1) is 12.5. The van der Waals surface area contributed by atoms with E-state index in [0.29, 0.717) is 27.3 Å². The van der Waals surface area contributed by atoms with Crippen molar-refractivity contribution >= 4 is 34.0 Å². The Morgan fingerprint density at radius 1 is 1.00 bits per heavy atom. The molecule has 3 aromatic heterocycles. The average molecular weight is 384 g/mol. The first-order valence-electron chi connectivity index (χ1n) is 7.88. The minimum atomic E-state index is -0.413. The molecule has 4 rings (SSSR count). The molecule has 130 valence electrons. The zero-order valence-electron chi connectivity index (χ0n) is 14.1. The molecule has 0 saturated heterocycles. The summed E-state index contributed by atoms with van der Waals surface area (Å²) in [5.41, 5.74) is 1.65. The summed E-state index contributed by atoms with van der Waals surface area (Å²) in [6, 6.07) is 13.1. The lowest BCUT2D eigenvalue weighted by molar-refractivity contribution is 0.708. The third-order valence-corrected chi connectivity index (χ3v) is 5.57. The van der Waals surface area contributed by atoms with Crippen molar-refractivity contribution in [3.63, 3.8) is 0 Å². The largest absolute Gasteiger partial charge is 0.332 e. The van der Waals surface area contributed by atoms with Gasteiger partial charge in [-0.05, 0) is 23.6 Å². The molecular formula is C19H14ClN3O2S. The number of hydrogen-bond donors (Lipinski definition) is 0. The Hall–Kier alpha value is -2.70. The van der Waals surface area contributed by atoms with E-state index in [1.807, 2.05) is 41.8 Å². The van der Waals surface area contributed by atoms with Gasteiger partial charge in [-0.3, -0.25) is 13.9 Å². The van der Waals surface area contributed by atoms with Crippen molar-refractivity contribution in [3.8, 4) is 21.7 Å². The van der Waals surface area contributed by atoms with E-state index in [4.69, 9.17) is 11.6 Å². The number of hydrogen-bond acceptors (Lipinski definition) is 4. The molecule has 3 heterocycles. The van der Waals surface area contributed by atoms with E-state index in [1.54, 1.807) is 24.5 Å². The predicted molar refractivity (Wildman–Crippen MR) is 106 cm³/mol. The summed E-state index contributed by atoms with van der Waals surface area (Å²) in [5, 5.41) is 2.87. The highest BCUT2D eigenvalue weighted by molar-refractivity contribution is 7.13. The highest BCUT2D eigenvalue weighted by atomic mass is 35.5. The Balaban J connectivity index is 2.24. The molecule has 5 nitrogen and oxygen atoms in total. The van der Waals surface area contributed by atoms with Gasteiger partial charge in [0.05, 0.1) is 16.0 Å². The number of pyridine rings is 1. The standard InChI is InChI=1S/C19H14ClN3O2S/c1-22-17-16(18(24)23(2)19(22)25)12(11-6-3-4-7-13(11)20)10-14(21-17)15-8-5-9-26-15/h3-10H,1-2H3. The van der Waals surface area contributed by atoms with Crippen LogP contribution in [-0.2, 0) is 14.1 Å². The predicted octanol–water partition coefficient (Wildman–Crippen LogP) is 3.68. The van der Waals surface area contributed by atoms with Crippen LogP contribution in [0.25, 0.3) is 32.7 Å². The van der Waals surface area contributed by atoms with Gasteiger partial charge in [0.2, 0.25) is 0 Å². The summed E-state index contributed by atoms with van der Waals surface area (Å²) < 4.78 is 2.49. The van der Waals surface area contributed by atoms with Crippen LogP contribution in [0.15, 0.2) is 57.4 Å². The molecule has 0 saturated carbocycles. The molecule has 0 bridgehead atoms. The van der Waals surface area contributed by atoms with Crippen LogP contribution in [0.3, 0.4) is 0 Å². The van der Waals surface area contributed by atoms with Crippen molar-refractivity contribution in [1.29, 1.82) is 0 Å². The number of fused-ring (bicyclic) bond motifs is 1. The molecule has 0 radical (unpaired) electrons. The molecule has 0 fully saturated rings. The number of rotatable bonds is 2. The lowest BCUT2D eigenvalue weighted by atomic mass is 10.0. The minimum absolute atomic E-state index is 0.346. The Morgan fingerprint density at radius 3 is 2.46 bits per heavy atom. The fourth-order valence-electron chi connectivity index (χ4n) is 3.00. The third kappa shape index (κ3) is 2.50. The SMILES string of the molecule is Cn1c(=O)c2c(-c3ccccc3Cl)cc(-c3cccs3)nc2n(C)c1=O. The van der Waals surface area contributed by atoms with Crippen molar-refractivity contribution in [3.05, 3.63) is 73.7 Å². The first kappa shape index (κ1) is 16.8. The van der Waals surface area contributed by atoms with Gasteiger partial charge in [-0.15, -0.1) is 11.3 Å². The fraction of sp³-hybridized carbons (Fsp3) is 0.105. The Labute approximate surface area is 157 Å². The van der Waals surface area contributed by atoms with Gasteiger partial charge in [-0.2, -0.15) is 0 Å². The van der Waals surface area contributed by atoms with Crippen LogP contribution in [-0.4, -0.2) is 14.1 Å². The Bertz CT molecular complexity index is 1260. The lowest BCUT2D eigenvalue weighted by Gasteiger charge is -2.13. The summed E-state index contributed by atoms with van der Waals surface area (Å²) in [6.07, 6.45) is 0. The van der Waals surface area contributed by atoms with Crippen LogP contribution in [0, 0.1) is 0 Å². The third-order valence-electron chi connectivity index (χ3n) is 4.35. The number of benzene rings is 1. The van der Waals surface area contributed by atoms with E-state index in [9.17, 15) is 9.59 Å². The van der Waals surface area contributed by atoms with E-state index in [-0.39, 0.29) is 5.56 Å². The van der Waals surface area contributed by atoms with E-state index in [1.165, 1.54) is 11.6 Å². The minimum Gasteiger partial charge on any atom is -0.280 e. The molecule has 0 atom stereocenters. The molecule has 0 aliphatic heterocycles. The second-order valence-electron chi connectivity index (χ2n) is 5.92. The number of thiophene rings is 1. The number of aryl methyl sites for hydroxylation is 1. The maximum Gasteiger partial charge on any atom is 0.332 e. The van der Waals surface area contributed by atoms with E-state index in [0.717, 1.165) is 15.0 Å². The van der Waals surface area contributed by atoms with Gasteiger partial charge in [0.15, 0.2) is 5.65 Å². The van der Waals surface area contributed by atoms with Crippen molar-refractivity contribution < 1.29 is 0 Å². The van der Waals surface area contributed by atoms with Crippen molar-refractivity contribution in [2.24, 2.45) is 14.1 Å². The Morgan fingerprint density at radius 2 is 1.77 bits per heavy atom. The highest BCUT2D eigenvalue weighted by Gasteiger charge is 2.18. The average Bonchev–Trinajstić information content (AvgIpc) is 3.19. The van der Waals surface area contributed by atoms with Crippen molar-refractivity contribution in [2.45, 2.75) is 0 Å². The van der Waals surface area contributed by atoms with Crippen LogP contribution < -0.4 is 11.2 Å². The molecule has 7 heteroatoms. The van der Waals surface area contributed by atoms with E-state index >= 15 is 0 Å². The van der Waals surface area contributed by atoms with Crippen molar-refractivity contribution in [2.75, 3.05) is 0 Å². The monoisotopic (exact) mass is 383 g/mol. The summed E-state index contributed by atoms with van der Waals surface area (Å²) in [6.45, 7) is 0. The van der Waals surface area contributed by atoms with Gasteiger partial charge in [-0.1, -0.05) is 35.9 Å². The molecule has 0 spiro atoms. The maximum atomic E-state index is 12.9. The lowest BCUT2D eigenvalue weighted by Crippen LogP contribution is -2.37. The molecule has 0 aliphatic carbocycles. The fourth-order valence-corrected chi connectivity index (χ4v) is 3.92. The zero-order chi connectivity index (χ0) is 18.4. The molecule has 26 heavy (non-hydrogen) atoms. The molecular weight excluding hydrogens is 370 g/mol.